The Morgan fingerprint density at radius 1 is 1.48 bits per heavy atom. The van der Waals surface area contributed by atoms with Crippen molar-refractivity contribution in [1.29, 1.82) is 0 Å². The van der Waals surface area contributed by atoms with Gasteiger partial charge in [-0.05, 0) is 25.8 Å². The van der Waals surface area contributed by atoms with Crippen LogP contribution < -0.4 is 10.4 Å². The van der Waals surface area contributed by atoms with Crippen LogP contribution in [0.2, 0.25) is 0 Å². The van der Waals surface area contributed by atoms with E-state index in [0.717, 1.165) is 0 Å². The van der Waals surface area contributed by atoms with Crippen molar-refractivity contribution in [3.05, 3.63) is 35.2 Å². The zero-order chi connectivity index (χ0) is 23.4. The van der Waals surface area contributed by atoms with Gasteiger partial charge in [0.25, 0.3) is 0 Å². The number of carboxylic acid groups (broad SMARTS) is 1. The van der Waals surface area contributed by atoms with Gasteiger partial charge in [-0.2, -0.15) is 13.2 Å². The number of ether oxygens (including phenoxy) is 1. The van der Waals surface area contributed by atoms with Crippen molar-refractivity contribution in [2.24, 2.45) is 0 Å². The summed E-state index contributed by atoms with van der Waals surface area (Å²) < 4.78 is 52.8. The number of carbonyl (C=O) groups excluding carboxylic acids is 1. The summed E-state index contributed by atoms with van der Waals surface area (Å²) in [6.45, 7) is 2.02. The second-order valence-corrected chi connectivity index (χ2v) is 9.00. The molecule has 4 heterocycles. The van der Waals surface area contributed by atoms with Crippen LogP contribution in [-0.4, -0.2) is 52.9 Å². The molecule has 3 aromatic rings. The Labute approximate surface area is 190 Å². The first-order chi connectivity index (χ1) is 15.8. The van der Waals surface area contributed by atoms with E-state index in [1.165, 1.54) is 35.3 Å². The van der Waals surface area contributed by atoms with Crippen molar-refractivity contribution >= 4 is 28.5 Å². The molecule has 3 unspecified atom stereocenters. The zero-order valence-electron chi connectivity index (χ0n) is 17.5. The number of piperazine rings is 1. The Balaban J connectivity index is 1.74. The van der Waals surface area contributed by atoms with Gasteiger partial charge in [-0.1, -0.05) is 6.07 Å². The molecule has 2 aliphatic heterocycles. The van der Waals surface area contributed by atoms with Gasteiger partial charge in [0.1, 0.15) is 22.2 Å². The number of rotatable bonds is 5. The minimum absolute atomic E-state index is 0.0184. The second kappa shape index (κ2) is 7.96. The minimum atomic E-state index is -4.68. The van der Waals surface area contributed by atoms with E-state index in [-0.39, 0.29) is 41.7 Å². The predicted molar refractivity (Wildman–Crippen MR) is 110 cm³/mol. The summed E-state index contributed by atoms with van der Waals surface area (Å²) in [5, 5.41) is 17.5. The number of thiazole rings is 1. The van der Waals surface area contributed by atoms with Crippen LogP contribution in [0.1, 0.15) is 37.3 Å². The van der Waals surface area contributed by atoms with E-state index in [2.05, 4.69) is 15.3 Å². The van der Waals surface area contributed by atoms with E-state index < -0.39 is 23.9 Å². The molecule has 2 aliphatic rings. The van der Waals surface area contributed by atoms with Crippen molar-refractivity contribution in [1.82, 2.24) is 20.2 Å². The number of benzene rings is 1. The molecular weight excluding hydrogens is 461 g/mol. The smallest absolute Gasteiger partial charge is 0.418 e. The van der Waals surface area contributed by atoms with Crippen LogP contribution in [0, 0.1) is 0 Å². The Hall–Kier alpha value is -2.70. The third kappa shape index (κ3) is 3.47. The third-order valence-corrected chi connectivity index (χ3v) is 7.07. The molecular formula is C21H20F3N4O4S-. The zero-order valence-corrected chi connectivity index (χ0v) is 18.3. The lowest BCUT2D eigenvalue weighted by Crippen LogP contribution is -2.63. The van der Waals surface area contributed by atoms with Gasteiger partial charge in [0.2, 0.25) is 5.89 Å². The molecule has 0 radical (unpaired) electrons. The van der Waals surface area contributed by atoms with Crippen molar-refractivity contribution in [2.75, 3.05) is 19.7 Å². The van der Waals surface area contributed by atoms with Gasteiger partial charge in [-0.15, -0.1) is 11.3 Å². The van der Waals surface area contributed by atoms with Gasteiger partial charge in [-0.3, -0.25) is 0 Å². The lowest BCUT2D eigenvalue weighted by Gasteiger charge is -2.44. The molecule has 3 atom stereocenters. The van der Waals surface area contributed by atoms with Crippen LogP contribution in [0.3, 0.4) is 0 Å². The fourth-order valence-electron chi connectivity index (χ4n) is 4.92. The quantitative estimate of drug-likeness (QED) is 0.597. The fraction of sp³-hybridized carbons (Fsp3) is 0.476. The van der Waals surface area contributed by atoms with Gasteiger partial charge < -0.3 is 29.3 Å². The number of amides is 1. The Morgan fingerprint density at radius 3 is 2.97 bits per heavy atom. The molecule has 2 saturated heterocycles. The van der Waals surface area contributed by atoms with E-state index in [4.69, 9.17) is 9.15 Å². The standard InChI is InChI=1S/C21H21F3N4O4S/c1-2-31-16(21(22,23)24)12-3-4-13(17-26-7-8-33-17)15-14(12)27-18(32-15)20-6-5-11(9-25-10-20)28(20)19(29)30/h3-4,7-8,11,16,25H,2,5-6,9-10H2,1H3,(H,29,30)/p-1. The average molecular weight is 481 g/mol. The van der Waals surface area contributed by atoms with Crippen LogP contribution in [0.4, 0.5) is 18.0 Å². The molecule has 0 aliphatic carbocycles. The number of carbonyl (C=O) groups is 1. The van der Waals surface area contributed by atoms with Gasteiger partial charge in [0, 0.05) is 42.9 Å². The number of oxazole rings is 1. The predicted octanol–water partition coefficient (Wildman–Crippen LogP) is 3.20. The number of aromatic nitrogens is 2. The molecule has 1 aromatic carbocycles. The molecule has 8 nitrogen and oxygen atoms in total. The Kier molecular flexibility index (Phi) is 5.33. The molecule has 12 heteroatoms. The van der Waals surface area contributed by atoms with Crippen LogP contribution in [0.15, 0.2) is 28.1 Å². The van der Waals surface area contributed by atoms with Gasteiger partial charge in [-0.25, -0.2) is 9.97 Å². The number of alkyl halides is 3. The van der Waals surface area contributed by atoms with E-state index >= 15 is 0 Å². The SMILES string of the molecule is CCOC(c1ccc(-c2nccs2)c2oc(C34CCC(CNC3)N4C(=O)[O-])nc12)C(F)(F)F. The highest BCUT2D eigenvalue weighted by Crippen LogP contribution is 2.47. The van der Waals surface area contributed by atoms with E-state index in [1.54, 1.807) is 11.6 Å². The third-order valence-electron chi connectivity index (χ3n) is 6.26. The molecule has 2 bridgehead atoms. The van der Waals surface area contributed by atoms with Crippen molar-refractivity contribution in [3.8, 4) is 10.6 Å². The first kappa shape index (κ1) is 22.1. The van der Waals surface area contributed by atoms with E-state index in [1.807, 2.05) is 0 Å². The highest BCUT2D eigenvalue weighted by Gasteiger charge is 2.54. The van der Waals surface area contributed by atoms with Crippen molar-refractivity contribution in [2.45, 2.75) is 43.6 Å². The van der Waals surface area contributed by atoms with E-state index in [9.17, 15) is 23.1 Å². The topological polar surface area (TPSA) is 104 Å². The molecule has 2 aromatic heterocycles. The van der Waals surface area contributed by atoms with Gasteiger partial charge >= 0.3 is 6.18 Å². The highest BCUT2D eigenvalue weighted by molar-refractivity contribution is 7.13. The van der Waals surface area contributed by atoms with Crippen LogP contribution in [0.25, 0.3) is 21.7 Å². The maximum atomic E-state index is 13.9. The second-order valence-electron chi connectivity index (χ2n) is 8.10. The van der Waals surface area contributed by atoms with Gasteiger partial charge in [0.05, 0.1) is 5.56 Å². The fourth-order valence-corrected chi connectivity index (χ4v) is 5.58. The molecule has 176 valence electrons. The van der Waals surface area contributed by atoms with Crippen LogP contribution >= 0.6 is 11.3 Å². The molecule has 1 amide bonds. The Bertz CT molecular complexity index is 1180. The largest absolute Gasteiger partial charge is 0.530 e. The summed E-state index contributed by atoms with van der Waals surface area (Å²) >= 11 is 1.31. The number of hydrogen-bond donors (Lipinski definition) is 1. The summed E-state index contributed by atoms with van der Waals surface area (Å²) in [5.41, 5.74) is -0.764. The lowest BCUT2D eigenvalue weighted by atomic mass is 9.95. The number of halogens is 3. The normalized spacial score (nSPS) is 23.9. The summed E-state index contributed by atoms with van der Waals surface area (Å²) in [5.74, 6) is 0.0408. The molecule has 2 fully saturated rings. The number of hydrogen-bond acceptors (Lipinski definition) is 8. The van der Waals surface area contributed by atoms with E-state index in [0.29, 0.717) is 30.0 Å². The number of nitrogens with one attached hydrogen (secondary N) is 1. The summed E-state index contributed by atoms with van der Waals surface area (Å²) in [7, 11) is 0. The van der Waals surface area contributed by atoms with Crippen molar-refractivity contribution in [3.63, 3.8) is 0 Å². The molecule has 0 spiro atoms. The maximum Gasteiger partial charge on any atom is 0.418 e. The minimum Gasteiger partial charge on any atom is -0.530 e. The highest BCUT2D eigenvalue weighted by atomic mass is 32.1. The van der Waals surface area contributed by atoms with Crippen LogP contribution in [-0.2, 0) is 10.3 Å². The monoisotopic (exact) mass is 481 g/mol. The number of fused-ring (bicyclic) bond motifs is 3. The maximum absolute atomic E-state index is 13.9. The molecule has 1 N–H and O–H groups in total. The summed E-state index contributed by atoms with van der Waals surface area (Å²) in [6.07, 6.45) is -5.67. The summed E-state index contributed by atoms with van der Waals surface area (Å²) in [4.78, 5) is 22.0. The average Bonchev–Trinajstić information content (AvgIpc) is 3.48. The number of nitrogens with zero attached hydrogens (tertiary/aromatic N) is 3. The van der Waals surface area contributed by atoms with Crippen molar-refractivity contribution < 1.29 is 32.2 Å². The molecule has 0 saturated carbocycles. The lowest BCUT2D eigenvalue weighted by molar-refractivity contribution is -0.274. The molecule has 5 rings (SSSR count). The first-order valence-corrected chi connectivity index (χ1v) is 11.4. The first-order valence-electron chi connectivity index (χ1n) is 10.5. The molecule has 33 heavy (non-hydrogen) atoms. The van der Waals surface area contributed by atoms with Crippen LogP contribution in [0.5, 0.6) is 0 Å². The van der Waals surface area contributed by atoms with Gasteiger partial charge in [0.15, 0.2) is 11.7 Å². The Morgan fingerprint density at radius 2 is 2.30 bits per heavy atom. The summed E-state index contributed by atoms with van der Waals surface area (Å²) in [6, 6.07) is 2.51.